The van der Waals surface area contributed by atoms with E-state index in [0.29, 0.717) is 19.3 Å². The third-order valence-electron chi connectivity index (χ3n) is 5.79. The lowest BCUT2D eigenvalue weighted by atomic mass is 9.96. The van der Waals surface area contributed by atoms with Crippen LogP contribution in [0.4, 0.5) is 4.79 Å². The predicted molar refractivity (Wildman–Crippen MR) is 111 cm³/mol. The van der Waals surface area contributed by atoms with Gasteiger partial charge in [-0.05, 0) is 51.7 Å². The summed E-state index contributed by atoms with van der Waals surface area (Å²) < 4.78 is 11.2. The van der Waals surface area contributed by atoms with E-state index in [-0.39, 0.29) is 18.2 Å². The fraction of sp³-hybridized carbons (Fsp3) is 0.682. The Morgan fingerprint density at radius 1 is 1.25 bits per heavy atom. The molecule has 1 N–H and O–H groups in total. The van der Waals surface area contributed by atoms with E-state index in [1.165, 1.54) is 5.56 Å². The van der Waals surface area contributed by atoms with Gasteiger partial charge in [0, 0.05) is 38.3 Å². The number of benzene rings is 1. The number of para-hydroxylation sites is 1. The van der Waals surface area contributed by atoms with E-state index in [4.69, 9.17) is 9.47 Å². The number of cyclic esters (lactones) is 1. The van der Waals surface area contributed by atoms with Gasteiger partial charge in [0.25, 0.3) is 0 Å². The quantitative estimate of drug-likeness (QED) is 0.704. The van der Waals surface area contributed by atoms with Crippen molar-refractivity contribution in [2.24, 2.45) is 0 Å². The van der Waals surface area contributed by atoms with E-state index in [1.54, 1.807) is 0 Å². The fourth-order valence-electron chi connectivity index (χ4n) is 4.48. The van der Waals surface area contributed by atoms with Gasteiger partial charge in [-0.25, -0.2) is 4.79 Å². The zero-order valence-electron chi connectivity index (χ0n) is 17.5. The summed E-state index contributed by atoms with van der Waals surface area (Å²) >= 11 is 0. The van der Waals surface area contributed by atoms with Gasteiger partial charge in [0.15, 0.2) is 0 Å². The summed E-state index contributed by atoms with van der Waals surface area (Å²) in [6.07, 6.45) is 2.93. The first-order valence-electron chi connectivity index (χ1n) is 10.7. The van der Waals surface area contributed by atoms with Crippen LogP contribution >= 0.6 is 0 Å². The zero-order chi connectivity index (χ0) is 19.9. The molecule has 2 aliphatic rings. The first-order valence-corrected chi connectivity index (χ1v) is 10.7. The minimum absolute atomic E-state index is 0.132. The Bertz CT molecular complexity index is 631. The Hall–Kier alpha value is -1.79. The van der Waals surface area contributed by atoms with Crippen LogP contribution in [0.5, 0.6) is 5.75 Å². The van der Waals surface area contributed by atoms with Gasteiger partial charge in [-0.3, -0.25) is 9.80 Å². The van der Waals surface area contributed by atoms with Crippen LogP contribution in [-0.2, 0) is 11.2 Å². The van der Waals surface area contributed by atoms with Gasteiger partial charge in [0.2, 0.25) is 0 Å². The molecule has 1 aromatic carbocycles. The maximum atomic E-state index is 12.3. The van der Waals surface area contributed by atoms with Crippen LogP contribution in [0, 0.1) is 0 Å². The summed E-state index contributed by atoms with van der Waals surface area (Å²) in [4.78, 5) is 16.8. The number of hydrogen-bond acceptors (Lipinski definition) is 5. The molecule has 2 fully saturated rings. The Balaban J connectivity index is 1.69. The normalized spacial score (nSPS) is 21.8. The second-order valence-electron chi connectivity index (χ2n) is 7.93. The van der Waals surface area contributed by atoms with Crippen molar-refractivity contribution in [3.8, 4) is 5.75 Å². The van der Waals surface area contributed by atoms with Crippen LogP contribution in [0.15, 0.2) is 24.3 Å². The van der Waals surface area contributed by atoms with Gasteiger partial charge >= 0.3 is 6.09 Å². The number of nitrogens with one attached hydrogen (secondary N) is 1. The van der Waals surface area contributed by atoms with Crippen molar-refractivity contribution in [2.75, 3.05) is 39.4 Å². The smallest absolute Gasteiger partial charge is 0.410 e. The molecule has 0 aliphatic carbocycles. The summed E-state index contributed by atoms with van der Waals surface area (Å²) in [5.41, 5.74) is 1.27. The first kappa shape index (κ1) is 20.9. The van der Waals surface area contributed by atoms with Gasteiger partial charge in [-0.15, -0.1) is 0 Å². The molecular formula is C22H35N3O3. The topological polar surface area (TPSA) is 54.0 Å². The maximum absolute atomic E-state index is 12.3. The molecule has 1 amide bonds. The highest BCUT2D eigenvalue weighted by atomic mass is 16.6. The number of hydrogen-bond donors (Lipinski definition) is 1. The average molecular weight is 390 g/mol. The predicted octanol–water partition coefficient (Wildman–Crippen LogP) is 2.91. The molecule has 2 atom stereocenters. The molecule has 2 heterocycles. The van der Waals surface area contributed by atoms with Crippen molar-refractivity contribution >= 4 is 6.09 Å². The minimum atomic E-state index is -0.165. The molecule has 0 radical (unpaired) electrons. The van der Waals surface area contributed by atoms with Crippen molar-refractivity contribution in [2.45, 2.75) is 58.2 Å². The van der Waals surface area contributed by atoms with Gasteiger partial charge in [-0.2, -0.15) is 0 Å². The average Bonchev–Trinajstić information content (AvgIpc) is 3.09. The zero-order valence-corrected chi connectivity index (χ0v) is 17.5. The molecule has 156 valence electrons. The van der Waals surface area contributed by atoms with Crippen molar-refractivity contribution in [3.05, 3.63) is 29.8 Å². The highest BCUT2D eigenvalue weighted by Crippen LogP contribution is 2.27. The number of piperazine rings is 1. The van der Waals surface area contributed by atoms with Gasteiger partial charge in [-0.1, -0.05) is 18.2 Å². The number of amides is 1. The monoisotopic (exact) mass is 389 g/mol. The molecule has 28 heavy (non-hydrogen) atoms. The Labute approximate surface area is 169 Å². The molecule has 0 spiro atoms. The van der Waals surface area contributed by atoms with Crippen LogP contribution in [0.25, 0.3) is 0 Å². The molecule has 2 aliphatic heterocycles. The van der Waals surface area contributed by atoms with Gasteiger partial charge < -0.3 is 14.8 Å². The van der Waals surface area contributed by atoms with Crippen LogP contribution < -0.4 is 10.1 Å². The fourth-order valence-corrected chi connectivity index (χ4v) is 4.48. The molecule has 0 bridgehead atoms. The highest BCUT2D eigenvalue weighted by molar-refractivity contribution is 5.70. The van der Waals surface area contributed by atoms with Crippen molar-refractivity contribution < 1.29 is 14.3 Å². The summed E-state index contributed by atoms with van der Waals surface area (Å²) in [6, 6.07) is 8.94. The summed E-state index contributed by atoms with van der Waals surface area (Å²) in [6.45, 7) is 11.4. The van der Waals surface area contributed by atoms with E-state index in [9.17, 15) is 4.79 Å². The van der Waals surface area contributed by atoms with Crippen LogP contribution in [-0.4, -0.2) is 73.4 Å². The molecular weight excluding hydrogens is 354 g/mol. The second kappa shape index (κ2) is 10.1. The Morgan fingerprint density at radius 3 is 2.71 bits per heavy atom. The third-order valence-corrected chi connectivity index (χ3v) is 5.79. The van der Waals surface area contributed by atoms with Crippen LogP contribution in [0.2, 0.25) is 0 Å². The molecule has 0 aromatic heterocycles. The minimum Gasteiger partial charge on any atom is -0.494 e. The number of nitrogens with zero attached hydrogens (tertiary/aromatic N) is 2. The second-order valence-corrected chi connectivity index (χ2v) is 7.93. The SMILES string of the molecule is CCOc1ccccc1CCCC(C1COC(=O)N1C(C)C)N1CCNCC1. The van der Waals surface area contributed by atoms with Gasteiger partial charge in [0.05, 0.1) is 12.6 Å². The first-order chi connectivity index (χ1) is 13.6. The lowest BCUT2D eigenvalue weighted by molar-refractivity contribution is 0.0852. The van der Waals surface area contributed by atoms with E-state index in [1.807, 2.05) is 17.9 Å². The highest BCUT2D eigenvalue weighted by Gasteiger charge is 2.41. The number of aryl methyl sites for hydroxylation is 1. The van der Waals surface area contributed by atoms with E-state index < -0.39 is 0 Å². The van der Waals surface area contributed by atoms with Crippen molar-refractivity contribution in [3.63, 3.8) is 0 Å². The number of rotatable bonds is 9. The Morgan fingerprint density at radius 2 is 2.00 bits per heavy atom. The molecule has 6 nitrogen and oxygen atoms in total. The largest absolute Gasteiger partial charge is 0.494 e. The summed E-state index contributed by atoms with van der Waals surface area (Å²) in [5.74, 6) is 0.993. The molecule has 2 unspecified atom stereocenters. The van der Waals surface area contributed by atoms with Crippen molar-refractivity contribution in [1.82, 2.24) is 15.1 Å². The molecule has 6 heteroatoms. The molecule has 2 saturated heterocycles. The van der Waals surface area contributed by atoms with E-state index in [0.717, 1.165) is 51.2 Å². The molecule has 0 saturated carbocycles. The van der Waals surface area contributed by atoms with E-state index >= 15 is 0 Å². The lowest BCUT2D eigenvalue weighted by Crippen LogP contribution is -2.57. The van der Waals surface area contributed by atoms with Gasteiger partial charge in [0.1, 0.15) is 12.4 Å². The maximum Gasteiger partial charge on any atom is 0.410 e. The summed E-state index contributed by atoms with van der Waals surface area (Å²) in [5, 5.41) is 3.44. The third kappa shape index (κ3) is 4.97. The van der Waals surface area contributed by atoms with Crippen LogP contribution in [0.3, 0.4) is 0 Å². The molecule has 3 rings (SSSR count). The van der Waals surface area contributed by atoms with Crippen LogP contribution in [0.1, 0.15) is 39.2 Å². The lowest BCUT2D eigenvalue weighted by Gasteiger charge is -2.41. The number of ether oxygens (including phenoxy) is 2. The summed E-state index contributed by atoms with van der Waals surface area (Å²) in [7, 11) is 0. The van der Waals surface area contributed by atoms with E-state index in [2.05, 4.69) is 42.3 Å². The number of carbonyl (C=O) groups excluding carboxylic acids is 1. The number of carbonyl (C=O) groups is 1. The standard InChI is InChI=1S/C22H35N3O3/c1-4-27-21-11-6-5-8-18(21)9-7-10-19(24-14-12-23-13-15-24)20-16-28-22(26)25(20)17(2)3/h5-6,8,11,17,19-20,23H,4,7,9-10,12-16H2,1-3H3. The molecule has 1 aromatic rings. The van der Waals surface area contributed by atoms with Crippen molar-refractivity contribution in [1.29, 1.82) is 0 Å². The Kier molecular flexibility index (Phi) is 7.57.